The molecular weight excluding hydrogens is 350 g/mol. The summed E-state index contributed by atoms with van der Waals surface area (Å²) in [5.41, 5.74) is 1.36. The first-order valence-corrected chi connectivity index (χ1v) is 9.73. The van der Waals surface area contributed by atoms with Crippen LogP contribution < -0.4 is 9.66 Å². The lowest BCUT2D eigenvalue weighted by molar-refractivity contribution is 0.557. The maximum atomic E-state index is 12.3. The van der Waals surface area contributed by atoms with Gasteiger partial charge in [-0.1, -0.05) is 18.2 Å². The first-order chi connectivity index (χ1) is 11.2. The predicted octanol–water partition coefficient (Wildman–Crippen LogP) is 1.35. The zero-order valence-electron chi connectivity index (χ0n) is 12.9. The summed E-state index contributed by atoms with van der Waals surface area (Å²) in [6, 6.07) is 11.9. The molecule has 126 valence electrons. The van der Waals surface area contributed by atoms with Crippen molar-refractivity contribution in [3.63, 3.8) is 0 Å². The van der Waals surface area contributed by atoms with E-state index in [4.69, 9.17) is 5.26 Å². The second-order valence-electron chi connectivity index (χ2n) is 5.12. The van der Waals surface area contributed by atoms with Gasteiger partial charge in [0.15, 0.2) is 0 Å². The molecule has 0 atom stereocenters. The molecule has 0 aliphatic rings. The van der Waals surface area contributed by atoms with Crippen LogP contribution in [0, 0.1) is 25.2 Å². The van der Waals surface area contributed by atoms with Crippen LogP contribution in [0.2, 0.25) is 0 Å². The molecule has 2 aromatic carbocycles. The third kappa shape index (κ3) is 3.98. The highest BCUT2D eigenvalue weighted by molar-refractivity contribution is 7.92. The molecule has 2 aromatic rings. The highest BCUT2D eigenvalue weighted by Crippen LogP contribution is 2.16. The second-order valence-corrected chi connectivity index (χ2v) is 8.45. The summed E-state index contributed by atoms with van der Waals surface area (Å²) in [7, 11) is -8.22. The molecular formula is C15H15N3O4S2. The Morgan fingerprint density at radius 1 is 0.917 bits per heavy atom. The molecule has 0 bridgehead atoms. The van der Waals surface area contributed by atoms with Crippen LogP contribution in [-0.2, 0) is 20.0 Å². The predicted molar refractivity (Wildman–Crippen MR) is 87.7 cm³/mol. The van der Waals surface area contributed by atoms with Gasteiger partial charge in [-0.15, -0.1) is 9.66 Å². The van der Waals surface area contributed by atoms with Crippen molar-refractivity contribution < 1.29 is 16.8 Å². The van der Waals surface area contributed by atoms with Gasteiger partial charge in [0, 0.05) is 0 Å². The first kappa shape index (κ1) is 18.1. The number of rotatable bonds is 5. The molecule has 0 aliphatic heterocycles. The number of hydrazine groups is 1. The van der Waals surface area contributed by atoms with E-state index in [2.05, 4.69) is 0 Å². The number of nitrogens with one attached hydrogen (secondary N) is 2. The van der Waals surface area contributed by atoms with E-state index in [1.807, 2.05) is 15.7 Å². The zero-order valence-corrected chi connectivity index (χ0v) is 14.6. The van der Waals surface area contributed by atoms with E-state index in [1.165, 1.54) is 24.3 Å². The van der Waals surface area contributed by atoms with Gasteiger partial charge in [-0.25, -0.2) is 16.8 Å². The molecule has 0 radical (unpaired) electrons. The summed E-state index contributed by atoms with van der Waals surface area (Å²) in [6.07, 6.45) is 0. The van der Waals surface area contributed by atoms with Crippen LogP contribution in [-0.4, -0.2) is 16.8 Å². The van der Waals surface area contributed by atoms with Gasteiger partial charge in [-0.2, -0.15) is 5.26 Å². The Hall–Kier alpha value is -2.25. The smallest absolute Gasteiger partial charge is 0.206 e. The zero-order chi connectivity index (χ0) is 18.0. The van der Waals surface area contributed by atoms with E-state index in [1.54, 1.807) is 26.0 Å². The minimum Gasteiger partial charge on any atom is -0.206 e. The average Bonchev–Trinajstić information content (AvgIpc) is 2.55. The van der Waals surface area contributed by atoms with Crippen LogP contribution >= 0.6 is 0 Å². The van der Waals surface area contributed by atoms with Crippen molar-refractivity contribution in [3.8, 4) is 6.07 Å². The van der Waals surface area contributed by atoms with Crippen LogP contribution in [0.5, 0.6) is 0 Å². The van der Waals surface area contributed by atoms with E-state index in [-0.39, 0.29) is 15.4 Å². The van der Waals surface area contributed by atoms with Gasteiger partial charge in [-0.05, 0) is 49.2 Å². The van der Waals surface area contributed by atoms with Gasteiger partial charge < -0.3 is 0 Å². The third-order valence-electron chi connectivity index (χ3n) is 3.22. The highest BCUT2D eigenvalue weighted by atomic mass is 32.2. The molecule has 9 heteroatoms. The summed E-state index contributed by atoms with van der Waals surface area (Å²) in [5.74, 6) is 0. The molecule has 0 aromatic heterocycles. The molecule has 0 unspecified atom stereocenters. The van der Waals surface area contributed by atoms with Gasteiger partial charge >= 0.3 is 0 Å². The lowest BCUT2D eigenvalue weighted by Crippen LogP contribution is -2.41. The third-order valence-corrected chi connectivity index (χ3v) is 5.98. The number of nitrogens with zero attached hydrogens (tertiary/aromatic N) is 1. The fourth-order valence-corrected chi connectivity index (χ4v) is 4.43. The number of benzene rings is 2. The SMILES string of the molecule is Cc1ccc(C)c(S(=O)(=O)NNS(=O)(=O)c2cccc(C#N)c2)c1. The molecule has 0 amide bonds. The quantitative estimate of drug-likeness (QED) is 0.776. The number of aryl methyl sites for hydroxylation is 2. The van der Waals surface area contributed by atoms with E-state index in [9.17, 15) is 16.8 Å². The van der Waals surface area contributed by atoms with Gasteiger partial charge in [0.1, 0.15) is 0 Å². The Kier molecular flexibility index (Phi) is 5.05. The maximum absolute atomic E-state index is 12.3. The average molecular weight is 365 g/mol. The van der Waals surface area contributed by atoms with Gasteiger partial charge in [0.25, 0.3) is 20.0 Å². The summed E-state index contributed by atoms with van der Waals surface area (Å²) >= 11 is 0. The van der Waals surface area contributed by atoms with Crippen molar-refractivity contribution in [1.29, 1.82) is 5.26 Å². The molecule has 24 heavy (non-hydrogen) atoms. The molecule has 0 saturated carbocycles. The fraction of sp³-hybridized carbons (Fsp3) is 0.133. The van der Waals surface area contributed by atoms with Gasteiger partial charge in [0.05, 0.1) is 21.4 Å². The van der Waals surface area contributed by atoms with E-state index in [0.717, 1.165) is 11.6 Å². The molecule has 7 nitrogen and oxygen atoms in total. The van der Waals surface area contributed by atoms with Crippen molar-refractivity contribution in [3.05, 3.63) is 59.2 Å². The Morgan fingerprint density at radius 2 is 1.58 bits per heavy atom. The van der Waals surface area contributed by atoms with Crippen molar-refractivity contribution in [2.75, 3.05) is 0 Å². The van der Waals surface area contributed by atoms with Crippen LogP contribution in [0.25, 0.3) is 0 Å². The molecule has 2 N–H and O–H groups in total. The van der Waals surface area contributed by atoms with E-state index >= 15 is 0 Å². The number of nitriles is 1. The highest BCUT2D eigenvalue weighted by Gasteiger charge is 2.21. The normalized spacial score (nSPS) is 11.9. The van der Waals surface area contributed by atoms with Crippen LogP contribution in [0.1, 0.15) is 16.7 Å². The Morgan fingerprint density at radius 3 is 2.25 bits per heavy atom. The summed E-state index contributed by atoms with van der Waals surface area (Å²) in [5, 5.41) is 8.82. The summed E-state index contributed by atoms with van der Waals surface area (Å²) < 4.78 is 49.0. The first-order valence-electron chi connectivity index (χ1n) is 6.77. The molecule has 0 heterocycles. The van der Waals surface area contributed by atoms with Crippen LogP contribution in [0.15, 0.2) is 52.3 Å². The molecule has 2 rings (SSSR count). The van der Waals surface area contributed by atoms with Crippen molar-refractivity contribution >= 4 is 20.0 Å². The molecule has 0 spiro atoms. The number of hydrogen-bond acceptors (Lipinski definition) is 5. The van der Waals surface area contributed by atoms with E-state index < -0.39 is 20.0 Å². The standard InChI is InChI=1S/C15H15N3O4S2/c1-11-6-7-12(2)15(8-11)24(21,22)18-17-23(19,20)14-5-3-4-13(9-14)10-16/h3-9,17-18H,1-2H3. The Balaban J connectivity index is 2.28. The van der Waals surface area contributed by atoms with Crippen molar-refractivity contribution in [2.24, 2.45) is 0 Å². The molecule has 0 fully saturated rings. The maximum Gasteiger partial charge on any atom is 0.254 e. The second kappa shape index (κ2) is 6.70. The summed E-state index contributed by atoms with van der Waals surface area (Å²) in [4.78, 5) is 3.47. The van der Waals surface area contributed by atoms with Crippen LogP contribution in [0.4, 0.5) is 0 Å². The Bertz CT molecular complexity index is 1020. The fourth-order valence-electron chi connectivity index (χ4n) is 1.95. The number of sulfonamides is 2. The lowest BCUT2D eigenvalue weighted by Gasteiger charge is -2.11. The minimum atomic E-state index is -4.15. The molecule has 0 aliphatic carbocycles. The minimum absolute atomic E-state index is 0.0176. The summed E-state index contributed by atoms with van der Waals surface area (Å²) in [6.45, 7) is 3.34. The topological polar surface area (TPSA) is 116 Å². The van der Waals surface area contributed by atoms with Crippen molar-refractivity contribution in [2.45, 2.75) is 23.6 Å². The number of hydrogen-bond donors (Lipinski definition) is 2. The van der Waals surface area contributed by atoms with Crippen LogP contribution in [0.3, 0.4) is 0 Å². The lowest BCUT2D eigenvalue weighted by atomic mass is 10.2. The Labute approximate surface area is 141 Å². The van der Waals surface area contributed by atoms with Gasteiger partial charge in [-0.3, -0.25) is 0 Å². The monoisotopic (exact) mass is 365 g/mol. The largest absolute Gasteiger partial charge is 0.254 e. The van der Waals surface area contributed by atoms with E-state index in [0.29, 0.717) is 5.56 Å². The van der Waals surface area contributed by atoms with Gasteiger partial charge in [0.2, 0.25) is 0 Å². The molecule has 0 saturated heterocycles. The van der Waals surface area contributed by atoms with Crippen molar-refractivity contribution in [1.82, 2.24) is 9.66 Å².